The average Bonchev–Trinajstić information content (AvgIpc) is 1.86. The predicted octanol–water partition coefficient (Wildman–Crippen LogP) is 2.73. The molecule has 0 amide bonds. The molecular formula is C9H20OSi. The third-order valence-corrected chi connectivity index (χ3v) is 2.32. The molecule has 0 fully saturated rings. The second kappa shape index (κ2) is 6.62. The third-order valence-electron chi connectivity index (χ3n) is 1.35. The molecule has 0 aliphatic carbocycles. The number of hydrogen-bond donors (Lipinski definition) is 0. The molecule has 0 bridgehead atoms. The van der Waals surface area contributed by atoms with E-state index >= 15 is 0 Å². The molecule has 0 aromatic rings. The highest BCUT2D eigenvalue weighted by Gasteiger charge is 1.99. The first kappa shape index (κ1) is 10.9. The highest BCUT2D eigenvalue weighted by molar-refractivity contribution is 6.48. The Bertz CT molecular complexity index is 110. The molecule has 0 aromatic carbocycles. The van der Waals surface area contributed by atoms with Crippen molar-refractivity contribution in [2.75, 3.05) is 0 Å². The molecule has 0 radical (unpaired) electrons. The van der Waals surface area contributed by atoms with Gasteiger partial charge in [0.05, 0.1) is 6.10 Å². The van der Waals surface area contributed by atoms with Gasteiger partial charge in [-0.15, -0.1) is 0 Å². The maximum Gasteiger partial charge on any atom is 0.171 e. The minimum Gasteiger partial charge on any atom is -0.415 e. The summed E-state index contributed by atoms with van der Waals surface area (Å²) in [5.74, 6) is 0. The minimum atomic E-state index is -0.831. The molecular weight excluding hydrogens is 152 g/mol. The van der Waals surface area contributed by atoms with Crippen molar-refractivity contribution in [3.8, 4) is 0 Å². The summed E-state index contributed by atoms with van der Waals surface area (Å²) in [7, 11) is -0.831. The van der Waals surface area contributed by atoms with Crippen molar-refractivity contribution in [2.24, 2.45) is 0 Å². The van der Waals surface area contributed by atoms with Crippen LogP contribution in [0.4, 0.5) is 0 Å². The summed E-state index contributed by atoms with van der Waals surface area (Å²) >= 11 is 0. The molecule has 0 N–H and O–H groups in total. The summed E-state index contributed by atoms with van der Waals surface area (Å²) in [6.45, 7) is 8.69. The minimum absolute atomic E-state index is 0.327. The Labute approximate surface area is 72.2 Å². The first-order valence-electron chi connectivity index (χ1n) is 4.49. The molecule has 0 aliphatic heterocycles. The largest absolute Gasteiger partial charge is 0.415 e. The lowest BCUT2D eigenvalue weighted by molar-refractivity contribution is 0.276. The first-order chi connectivity index (χ1) is 5.16. The molecule has 1 nitrogen and oxygen atoms in total. The van der Waals surface area contributed by atoms with Gasteiger partial charge in [0.15, 0.2) is 9.04 Å². The topological polar surface area (TPSA) is 9.23 Å². The van der Waals surface area contributed by atoms with Gasteiger partial charge in [-0.1, -0.05) is 25.5 Å². The van der Waals surface area contributed by atoms with E-state index in [1.807, 2.05) is 0 Å². The molecule has 11 heavy (non-hydrogen) atoms. The number of hydrogen-bond acceptors (Lipinski definition) is 1. The Hall–Kier alpha value is -0.0831. The Balaban J connectivity index is 3.42. The number of unbranched alkanes of at least 4 members (excludes halogenated alkanes) is 1. The Morgan fingerprint density at radius 2 is 2.09 bits per heavy atom. The zero-order chi connectivity index (χ0) is 8.69. The summed E-state index contributed by atoms with van der Waals surface area (Å²) in [5.41, 5.74) is 0. The maximum atomic E-state index is 5.65. The van der Waals surface area contributed by atoms with E-state index in [-0.39, 0.29) is 0 Å². The van der Waals surface area contributed by atoms with Crippen molar-refractivity contribution >= 4 is 9.04 Å². The third kappa shape index (κ3) is 7.82. The van der Waals surface area contributed by atoms with Crippen LogP contribution in [0.25, 0.3) is 0 Å². The van der Waals surface area contributed by atoms with Gasteiger partial charge in [-0.25, -0.2) is 0 Å². The molecule has 1 unspecified atom stereocenters. The van der Waals surface area contributed by atoms with Gasteiger partial charge in [-0.05, 0) is 26.4 Å². The molecule has 0 rings (SSSR count). The van der Waals surface area contributed by atoms with E-state index in [4.69, 9.17) is 4.43 Å². The summed E-state index contributed by atoms with van der Waals surface area (Å²) in [6, 6.07) is 0. The zero-order valence-corrected chi connectivity index (χ0v) is 9.29. The van der Waals surface area contributed by atoms with Gasteiger partial charge in [0.25, 0.3) is 0 Å². The van der Waals surface area contributed by atoms with Gasteiger partial charge >= 0.3 is 0 Å². The fourth-order valence-electron chi connectivity index (χ4n) is 0.929. The van der Waals surface area contributed by atoms with Gasteiger partial charge < -0.3 is 4.43 Å². The maximum absolute atomic E-state index is 5.65. The summed E-state index contributed by atoms with van der Waals surface area (Å²) in [4.78, 5) is 0. The van der Waals surface area contributed by atoms with Crippen LogP contribution in [0.3, 0.4) is 0 Å². The van der Waals surface area contributed by atoms with Crippen LogP contribution in [0.15, 0.2) is 12.2 Å². The summed E-state index contributed by atoms with van der Waals surface area (Å²) in [5, 5.41) is 0. The van der Waals surface area contributed by atoms with E-state index in [1.165, 1.54) is 12.8 Å². The molecule has 0 saturated carbocycles. The Morgan fingerprint density at radius 3 is 2.55 bits per heavy atom. The van der Waals surface area contributed by atoms with Crippen molar-refractivity contribution in [1.82, 2.24) is 0 Å². The quantitative estimate of drug-likeness (QED) is 0.458. The van der Waals surface area contributed by atoms with Gasteiger partial charge in [0, 0.05) is 0 Å². The molecule has 1 atom stereocenters. The Kier molecular flexibility index (Phi) is 6.57. The highest BCUT2D eigenvalue weighted by Crippen LogP contribution is 1.98. The van der Waals surface area contributed by atoms with Crippen LogP contribution < -0.4 is 0 Å². The lowest BCUT2D eigenvalue weighted by atomic mass is 10.3. The van der Waals surface area contributed by atoms with E-state index in [0.717, 1.165) is 0 Å². The fraction of sp³-hybridized carbons (Fsp3) is 0.778. The lowest BCUT2D eigenvalue weighted by Gasteiger charge is -2.10. The Morgan fingerprint density at radius 1 is 1.45 bits per heavy atom. The smallest absolute Gasteiger partial charge is 0.171 e. The van der Waals surface area contributed by atoms with E-state index in [2.05, 4.69) is 39.1 Å². The van der Waals surface area contributed by atoms with Crippen LogP contribution >= 0.6 is 0 Å². The van der Waals surface area contributed by atoms with Crippen LogP contribution in [0.5, 0.6) is 0 Å². The van der Waals surface area contributed by atoms with Gasteiger partial charge in [-0.3, -0.25) is 0 Å². The molecule has 0 heterocycles. The van der Waals surface area contributed by atoms with Gasteiger partial charge in [0.2, 0.25) is 0 Å². The SMILES string of the molecule is CCCC=CC(C)O[SiH](C)C. The van der Waals surface area contributed by atoms with Crippen molar-refractivity contribution in [3.63, 3.8) is 0 Å². The summed E-state index contributed by atoms with van der Waals surface area (Å²) < 4.78 is 5.65. The highest BCUT2D eigenvalue weighted by atomic mass is 28.3. The van der Waals surface area contributed by atoms with E-state index < -0.39 is 9.04 Å². The van der Waals surface area contributed by atoms with Crippen molar-refractivity contribution < 1.29 is 4.43 Å². The van der Waals surface area contributed by atoms with Crippen molar-refractivity contribution in [2.45, 2.75) is 45.9 Å². The second-order valence-corrected chi connectivity index (χ2v) is 5.48. The predicted molar refractivity (Wildman–Crippen MR) is 53.5 cm³/mol. The number of allylic oxidation sites excluding steroid dienone is 1. The zero-order valence-electron chi connectivity index (χ0n) is 8.13. The molecule has 66 valence electrons. The van der Waals surface area contributed by atoms with E-state index in [9.17, 15) is 0 Å². The van der Waals surface area contributed by atoms with Gasteiger partial charge in [0.1, 0.15) is 0 Å². The molecule has 0 spiro atoms. The first-order valence-corrected chi connectivity index (χ1v) is 7.27. The van der Waals surface area contributed by atoms with Crippen LogP contribution in [-0.2, 0) is 4.43 Å². The fourth-order valence-corrected chi connectivity index (χ4v) is 1.88. The monoisotopic (exact) mass is 172 g/mol. The van der Waals surface area contributed by atoms with E-state index in [0.29, 0.717) is 6.10 Å². The standard InChI is InChI=1S/C9H20OSi/c1-5-6-7-8-9(2)10-11(3)4/h7-9,11H,5-6H2,1-4H3. The number of rotatable bonds is 5. The van der Waals surface area contributed by atoms with Crippen LogP contribution in [0.1, 0.15) is 26.7 Å². The average molecular weight is 172 g/mol. The molecule has 0 aliphatic rings. The lowest BCUT2D eigenvalue weighted by Crippen LogP contribution is -2.15. The second-order valence-electron chi connectivity index (χ2n) is 3.11. The molecule has 0 aromatic heterocycles. The van der Waals surface area contributed by atoms with Crippen LogP contribution in [0.2, 0.25) is 13.1 Å². The summed E-state index contributed by atoms with van der Waals surface area (Å²) in [6.07, 6.45) is 7.10. The molecule has 2 heteroatoms. The normalized spacial score (nSPS) is 14.6. The van der Waals surface area contributed by atoms with Crippen molar-refractivity contribution in [3.05, 3.63) is 12.2 Å². The van der Waals surface area contributed by atoms with Crippen LogP contribution in [-0.4, -0.2) is 15.1 Å². The van der Waals surface area contributed by atoms with Crippen molar-refractivity contribution in [1.29, 1.82) is 0 Å². The van der Waals surface area contributed by atoms with Gasteiger partial charge in [-0.2, -0.15) is 0 Å². The van der Waals surface area contributed by atoms with Crippen LogP contribution in [0, 0.1) is 0 Å². The molecule has 0 saturated heterocycles. The van der Waals surface area contributed by atoms with E-state index in [1.54, 1.807) is 0 Å².